The van der Waals surface area contributed by atoms with Crippen molar-refractivity contribution in [3.05, 3.63) is 0 Å². The van der Waals surface area contributed by atoms with Gasteiger partial charge in [0.2, 0.25) is 0 Å². The van der Waals surface area contributed by atoms with Crippen LogP contribution in [-0.2, 0) is 0 Å². The molecule has 2 fully saturated rings. The van der Waals surface area contributed by atoms with E-state index >= 15 is 0 Å². The number of likely N-dealkylation sites (tertiary alicyclic amines) is 2. The maximum atomic E-state index is 2.66. The van der Waals surface area contributed by atoms with Crippen LogP contribution in [0.1, 0.15) is 25.7 Å². The number of nitrogens with zero attached hydrogens (tertiary/aromatic N) is 2. The van der Waals surface area contributed by atoms with Gasteiger partial charge in [-0.2, -0.15) is 0 Å². The van der Waals surface area contributed by atoms with Crippen LogP contribution in [0.4, 0.5) is 0 Å². The van der Waals surface area contributed by atoms with Gasteiger partial charge in [0, 0.05) is 13.1 Å². The second-order valence-electron chi connectivity index (χ2n) is 4.78. The summed E-state index contributed by atoms with van der Waals surface area (Å²) in [6.45, 7) is 6.73. The van der Waals surface area contributed by atoms with Crippen molar-refractivity contribution < 1.29 is 0 Å². The molecule has 13 heavy (non-hydrogen) atoms. The molecule has 0 bridgehead atoms. The van der Waals surface area contributed by atoms with E-state index in [1.54, 1.807) is 0 Å². The van der Waals surface area contributed by atoms with E-state index in [0.717, 1.165) is 5.92 Å². The molecule has 2 heteroatoms. The van der Waals surface area contributed by atoms with E-state index in [1.165, 1.54) is 58.4 Å². The van der Waals surface area contributed by atoms with Crippen LogP contribution in [0.15, 0.2) is 0 Å². The lowest BCUT2D eigenvalue weighted by molar-refractivity contribution is 0.166. The van der Waals surface area contributed by atoms with E-state index in [4.69, 9.17) is 0 Å². The summed E-state index contributed by atoms with van der Waals surface area (Å²) in [6, 6.07) is 0. The van der Waals surface area contributed by atoms with Gasteiger partial charge in [0.15, 0.2) is 0 Å². The lowest BCUT2D eigenvalue weighted by atomic mass is 9.98. The SMILES string of the molecule is CN1CCCC(CN2CCCC2)C1. The van der Waals surface area contributed by atoms with Crippen LogP contribution in [0.3, 0.4) is 0 Å². The molecule has 2 nitrogen and oxygen atoms in total. The predicted molar refractivity (Wildman–Crippen MR) is 55.9 cm³/mol. The summed E-state index contributed by atoms with van der Waals surface area (Å²) in [7, 11) is 2.26. The summed E-state index contributed by atoms with van der Waals surface area (Å²) in [6.07, 6.45) is 5.74. The minimum atomic E-state index is 0.955. The van der Waals surface area contributed by atoms with Gasteiger partial charge in [0.25, 0.3) is 0 Å². The molecule has 0 spiro atoms. The van der Waals surface area contributed by atoms with Crippen molar-refractivity contribution in [3.8, 4) is 0 Å². The Bertz CT molecular complexity index is 152. The monoisotopic (exact) mass is 182 g/mol. The van der Waals surface area contributed by atoms with Crippen LogP contribution in [-0.4, -0.2) is 49.6 Å². The Morgan fingerprint density at radius 2 is 1.85 bits per heavy atom. The Balaban J connectivity index is 1.73. The first-order valence-corrected chi connectivity index (χ1v) is 5.75. The van der Waals surface area contributed by atoms with Crippen molar-refractivity contribution in [1.29, 1.82) is 0 Å². The van der Waals surface area contributed by atoms with Crippen molar-refractivity contribution in [2.24, 2.45) is 5.92 Å². The van der Waals surface area contributed by atoms with E-state index in [1.807, 2.05) is 0 Å². The molecule has 0 radical (unpaired) electrons. The number of hydrogen-bond acceptors (Lipinski definition) is 2. The zero-order chi connectivity index (χ0) is 9.10. The topological polar surface area (TPSA) is 6.48 Å². The third-order valence-corrected chi connectivity index (χ3v) is 3.44. The van der Waals surface area contributed by atoms with E-state index in [9.17, 15) is 0 Å². The molecule has 0 saturated carbocycles. The maximum Gasteiger partial charge on any atom is 0.00219 e. The first kappa shape index (κ1) is 9.47. The average molecular weight is 182 g/mol. The standard InChI is InChI=1S/C11H22N2/c1-12-6-4-5-11(9-12)10-13-7-2-3-8-13/h11H,2-10H2,1H3. The third-order valence-electron chi connectivity index (χ3n) is 3.44. The lowest BCUT2D eigenvalue weighted by Gasteiger charge is -2.32. The Morgan fingerprint density at radius 3 is 2.54 bits per heavy atom. The quantitative estimate of drug-likeness (QED) is 0.637. The number of hydrogen-bond donors (Lipinski definition) is 0. The minimum absolute atomic E-state index is 0.955. The fourth-order valence-corrected chi connectivity index (χ4v) is 2.75. The van der Waals surface area contributed by atoms with Gasteiger partial charge in [-0.25, -0.2) is 0 Å². The Morgan fingerprint density at radius 1 is 1.08 bits per heavy atom. The fourth-order valence-electron chi connectivity index (χ4n) is 2.75. The van der Waals surface area contributed by atoms with Gasteiger partial charge in [0.05, 0.1) is 0 Å². The van der Waals surface area contributed by atoms with Gasteiger partial charge in [0.1, 0.15) is 0 Å². The van der Waals surface area contributed by atoms with Crippen LogP contribution >= 0.6 is 0 Å². The largest absolute Gasteiger partial charge is 0.306 e. The number of piperidine rings is 1. The first-order chi connectivity index (χ1) is 6.34. The van der Waals surface area contributed by atoms with Crippen molar-refractivity contribution in [3.63, 3.8) is 0 Å². The maximum absolute atomic E-state index is 2.66. The third kappa shape index (κ3) is 2.68. The molecule has 2 aliphatic heterocycles. The van der Waals surface area contributed by atoms with Gasteiger partial charge < -0.3 is 9.80 Å². The van der Waals surface area contributed by atoms with E-state index in [0.29, 0.717) is 0 Å². The highest BCUT2D eigenvalue weighted by molar-refractivity contribution is 4.76. The summed E-state index contributed by atoms with van der Waals surface area (Å²) in [4.78, 5) is 5.15. The normalized spacial score (nSPS) is 32.5. The fraction of sp³-hybridized carbons (Fsp3) is 1.00. The van der Waals surface area contributed by atoms with Gasteiger partial charge in [-0.3, -0.25) is 0 Å². The van der Waals surface area contributed by atoms with Gasteiger partial charge in [-0.05, 0) is 58.3 Å². The molecule has 0 aliphatic carbocycles. The second kappa shape index (κ2) is 4.43. The van der Waals surface area contributed by atoms with Crippen LogP contribution < -0.4 is 0 Å². The molecular formula is C11H22N2. The molecule has 76 valence electrons. The highest BCUT2D eigenvalue weighted by Gasteiger charge is 2.21. The van der Waals surface area contributed by atoms with Crippen molar-refractivity contribution in [2.45, 2.75) is 25.7 Å². The molecule has 1 unspecified atom stereocenters. The molecule has 0 amide bonds. The molecule has 0 aromatic carbocycles. The minimum Gasteiger partial charge on any atom is -0.306 e. The predicted octanol–water partition coefficient (Wildman–Crippen LogP) is 1.42. The smallest absolute Gasteiger partial charge is 0.00219 e. The molecule has 1 atom stereocenters. The Labute approximate surface area is 81.9 Å². The summed E-state index contributed by atoms with van der Waals surface area (Å²) < 4.78 is 0. The number of rotatable bonds is 2. The molecule has 0 aromatic rings. The molecule has 0 N–H and O–H groups in total. The molecule has 2 aliphatic rings. The van der Waals surface area contributed by atoms with Gasteiger partial charge in [-0.15, -0.1) is 0 Å². The zero-order valence-electron chi connectivity index (χ0n) is 8.84. The summed E-state index contributed by atoms with van der Waals surface area (Å²) in [5, 5.41) is 0. The summed E-state index contributed by atoms with van der Waals surface area (Å²) in [5.41, 5.74) is 0. The summed E-state index contributed by atoms with van der Waals surface area (Å²) >= 11 is 0. The van der Waals surface area contributed by atoms with Gasteiger partial charge in [-0.1, -0.05) is 0 Å². The van der Waals surface area contributed by atoms with E-state index < -0.39 is 0 Å². The van der Waals surface area contributed by atoms with Crippen LogP contribution in [0, 0.1) is 5.92 Å². The van der Waals surface area contributed by atoms with Crippen LogP contribution in [0.25, 0.3) is 0 Å². The highest BCUT2D eigenvalue weighted by atomic mass is 15.2. The van der Waals surface area contributed by atoms with Gasteiger partial charge >= 0.3 is 0 Å². The van der Waals surface area contributed by atoms with Crippen molar-refractivity contribution in [2.75, 3.05) is 39.8 Å². The molecule has 2 rings (SSSR count). The first-order valence-electron chi connectivity index (χ1n) is 5.75. The van der Waals surface area contributed by atoms with E-state index in [2.05, 4.69) is 16.8 Å². The Hall–Kier alpha value is -0.0800. The lowest BCUT2D eigenvalue weighted by Crippen LogP contribution is -2.38. The summed E-state index contributed by atoms with van der Waals surface area (Å²) in [5.74, 6) is 0.955. The zero-order valence-corrected chi connectivity index (χ0v) is 8.84. The second-order valence-corrected chi connectivity index (χ2v) is 4.78. The Kier molecular flexibility index (Phi) is 3.23. The molecule has 2 heterocycles. The van der Waals surface area contributed by atoms with Crippen molar-refractivity contribution in [1.82, 2.24) is 9.80 Å². The molecule has 2 saturated heterocycles. The van der Waals surface area contributed by atoms with Crippen molar-refractivity contribution >= 4 is 0 Å². The highest BCUT2D eigenvalue weighted by Crippen LogP contribution is 2.18. The van der Waals surface area contributed by atoms with E-state index in [-0.39, 0.29) is 0 Å². The van der Waals surface area contributed by atoms with Crippen LogP contribution in [0.5, 0.6) is 0 Å². The molecular weight excluding hydrogens is 160 g/mol. The molecule has 0 aromatic heterocycles. The van der Waals surface area contributed by atoms with Crippen LogP contribution in [0.2, 0.25) is 0 Å². The average Bonchev–Trinajstić information content (AvgIpc) is 2.57.